The van der Waals surface area contributed by atoms with Gasteiger partial charge in [0.1, 0.15) is 7.05 Å². The number of aromatic nitrogens is 1. The fraction of sp³-hybridized carbons (Fsp3) is 0.400. The molecule has 0 fully saturated rings. The Morgan fingerprint density at radius 2 is 1.56 bits per heavy atom. The number of hydrogen-bond acceptors (Lipinski definition) is 1. The third-order valence-electron chi connectivity index (χ3n) is 3.93. The van der Waals surface area contributed by atoms with E-state index in [9.17, 15) is 0 Å². The summed E-state index contributed by atoms with van der Waals surface area (Å²) in [5, 5.41) is 3.60. The van der Waals surface area contributed by atoms with Gasteiger partial charge >= 0.3 is 0 Å². The van der Waals surface area contributed by atoms with Gasteiger partial charge in [0.25, 0.3) is 0 Å². The molecule has 0 bridgehead atoms. The molecule has 0 aliphatic rings. The number of nitrogens with zero attached hydrogens (tertiary/aromatic N) is 1. The van der Waals surface area contributed by atoms with Crippen molar-refractivity contribution in [2.24, 2.45) is 7.05 Å². The monoisotopic (exact) mass is 373 g/mol. The van der Waals surface area contributed by atoms with Crippen molar-refractivity contribution in [1.29, 1.82) is 0 Å². The molecule has 1 nitrogen and oxygen atoms in total. The zero-order valence-corrected chi connectivity index (χ0v) is 14.9. The van der Waals surface area contributed by atoms with Gasteiger partial charge in [-0.05, 0) is 56.0 Å². The van der Waals surface area contributed by atoms with Crippen LogP contribution in [0, 0.1) is 34.6 Å². The number of benzene rings is 1. The molecule has 2 aromatic rings. The summed E-state index contributed by atoms with van der Waals surface area (Å²) >= 11 is 1.81. The SMILES string of the molecule is Cc1cc(-c2csc(C)[n+]2C)c(C)c(C)c1C.[I-]. The molecule has 1 heterocycles. The van der Waals surface area contributed by atoms with E-state index in [-0.39, 0.29) is 24.0 Å². The molecule has 2 rings (SSSR count). The highest BCUT2D eigenvalue weighted by Crippen LogP contribution is 2.29. The van der Waals surface area contributed by atoms with Crippen molar-refractivity contribution in [3.8, 4) is 11.3 Å². The zero-order valence-electron chi connectivity index (χ0n) is 11.9. The van der Waals surface area contributed by atoms with Gasteiger partial charge in [0, 0.05) is 6.92 Å². The highest BCUT2D eigenvalue weighted by molar-refractivity contribution is 7.09. The van der Waals surface area contributed by atoms with Crippen LogP contribution in [0.15, 0.2) is 11.4 Å². The van der Waals surface area contributed by atoms with Crippen molar-refractivity contribution in [1.82, 2.24) is 0 Å². The van der Waals surface area contributed by atoms with Crippen LogP contribution in [0.3, 0.4) is 0 Å². The number of aryl methyl sites for hydroxylation is 2. The van der Waals surface area contributed by atoms with Crippen molar-refractivity contribution in [3.05, 3.63) is 38.7 Å². The number of halogens is 1. The highest BCUT2D eigenvalue weighted by atomic mass is 127. The molecule has 0 unspecified atom stereocenters. The molecular weight excluding hydrogens is 353 g/mol. The number of rotatable bonds is 1. The lowest BCUT2D eigenvalue weighted by molar-refractivity contribution is -0.661. The summed E-state index contributed by atoms with van der Waals surface area (Å²) in [5.41, 5.74) is 8.33. The third kappa shape index (κ3) is 2.48. The minimum absolute atomic E-state index is 0. The van der Waals surface area contributed by atoms with Crippen LogP contribution in [0.1, 0.15) is 27.3 Å². The average molecular weight is 373 g/mol. The molecule has 0 atom stereocenters. The first-order valence-corrected chi connectivity index (χ1v) is 6.83. The molecule has 18 heavy (non-hydrogen) atoms. The van der Waals surface area contributed by atoms with Crippen molar-refractivity contribution < 1.29 is 28.5 Å². The summed E-state index contributed by atoms with van der Waals surface area (Å²) < 4.78 is 2.28. The van der Waals surface area contributed by atoms with Crippen LogP contribution < -0.4 is 28.5 Å². The van der Waals surface area contributed by atoms with Crippen LogP contribution in [0.4, 0.5) is 0 Å². The molecule has 0 amide bonds. The van der Waals surface area contributed by atoms with Crippen LogP contribution in [0.25, 0.3) is 11.3 Å². The summed E-state index contributed by atoms with van der Waals surface area (Å²) in [7, 11) is 2.14. The summed E-state index contributed by atoms with van der Waals surface area (Å²) in [6.07, 6.45) is 0. The highest BCUT2D eigenvalue weighted by Gasteiger charge is 2.18. The van der Waals surface area contributed by atoms with Crippen molar-refractivity contribution in [2.75, 3.05) is 0 Å². The topological polar surface area (TPSA) is 3.88 Å². The Labute approximate surface area is 131 Å². The van der Waals surface area contributed by atoms with E-state index >= 15 is 0 Å². The van der Waals surface area contributed by atoms with E-state index < -0.39 is 0 Å². The van der Waals surface area contributed by atoms with E-state index in [0.29, 0.717) is 0 Å². The molecule has 3 heteroatoms. The van der Waals surface area contributed by atoms with Gasteiger partial charge in [0.2, 0.25) is 10.7 Å². The molecule has 1 aromatic carbocycles. The Balaban J connectivity index is 0.00000162. The molecule has 0 radical (unpaired) electrons. The van der Waals surface area contributed by atoms with Gasteiger partial charge in [-0.3, -0.25) is 0 Å². The van der Waals surface area contributed by atoms with Gasteiger partial charge in [-0.25, -0.2) is 0 Å². The van der Waals surface area contributed by atoms with E-state index in [0.717, 1.165) is 0 Å². The van der Waals surface area contributed by atoms with Crippen LogP contribution in [0.5, 0.6) is 0 Å². The first-order chi connectivity index (χ1) is 7.93. The van der Waals surface area contributed by atoms with Crippen LogP contribution >= 0.6 is 11.3 Å². The maximum absolute atomic E-state index is 2.32. The second kappa shape index (κ2) is 5.70. The predicted octanol–water partition coefficient (Wildman–Crippen LogP) is 0.786. The van der Waals surface area contributed by atoms with Crippen LogP contribution in [0.2, 0.25) is 0 Å². The summed E-state index contributed by atoms with van der Waals surface area (Å²) in [4.78, 5) is 0. The second-order valence-corrected chi connectivity index (χ2v) is 5.88. The van der Waals surface area contributed by atoms with E-state index in [4.69, 9.17) is 0 Å². The molecule has 0 saturated carbocycles. The Morgan fingerprint density at radius 3 is 2.06 bits per heavy atom. The lowest BCUT2D eigenvalue weighted by Gasteiger charge is -2.11. The minimum atomic E-state index is 0. The number of thiazole rings is 1. The van der Waals surface area contributed by atoms with E-state index in [2.05, 4.69) is 57.7 Å². The van der Waals surface area contributed by atoms with E-state index in [1.54, 1.807) is 0 Å². The second-order valence-electron chi connectivity index (χ2n) is 4.82. The summed E-state index contributed by atoms with van der Waals surface area (Å²) in [5.74, 6) is 0. The molecule has 0 saturated heterocycles. The normalized spacial score (nSPS) is 10.3. The third-order valence-corrected chi connectivity index (χ3v) is 4.89. The maximum atomic E-state index is 2.32. The van der Waals surface area contributed by atoms with Crippen molar-refractivity contribution in [3.63, 3.8) is 0 Å². The average Bonchev–Trinajstić information content (AvgIpc) is 2.62. The van der Waals surface area contributed by atoms with Gasteiger partial charge < -0.3 is 24.0 Å². The van der Waals surface area contributed by atoms with Crippen LogP contribution in [-0.2, 0) is 7.05 Å². The lowest BCUT2D eigenvalue weighted by Crippen LogP contribution is -3.00. The predicted molar refractivity (Wildman–Crippen MR) is 74.6 cm³/mol. The molecule has 0 spiro atoms. The van der Waals surface area contributed by atoms with Gasteiger partial charge in [-0.2, -0.15) is 4.57 Å². The molecule has 0 N–H and O–H groups in total. The number of hydrogen-bond donors (Lipinski definition) is 0. The first kappa shape index (κ1) is 15.6. The smallest absolute Gasteiger partial charge is 0.234 e. The van der Waals surface area contributed by atoms with Crippen molar-refractivity contribution in [2.45, 2.75) is 34.6 Å². The minimum Gasteiger partial charge on any atom is -1.00 e. The Morgan fingerprint density at radius 1 is 0.944 bits per heavy atom. The quantitative estimate of drug-likeness (QED) is 0.514. The van der Waals surface area contributed by atoms with Crippen molar-refractivity contribution >= 4 is 11.3 Å². The Kier molecular flexibility index (Phi) is 4.95. The van der Waals surface area contributed by atoms with E-state index in [1.807, 2.05) is 11.3 Å². The largest absolute Gasteiger partial charge is 1.00 e. The maximum Gasteiger partial charge on any atom is 0.234 e. The van der Waals surface area contributed by atoms with Gasteiger partial charge in [0.05, 0.1) is 10.9 Å². The van der Waals surface area contributed by atoms with Crippen LogP contribution in [-0.4, -0.2) is 0 Å². The molecule has 98 valence electrons. The van der Waals surface area contributed by atoms with Gasteiger partial charge in [0.15, 0.2) is 0 Å². The molecular formula is C15H20INS. The standard InChI is InChI=1S/C15H20NS.HI/c1-9-7-14(12(4)11(3)10(9)2)15-8-17-13(5)16(15)6;/h7-8H,1-6H3;1H/q+1;/p-1. The lowest BCUT2D eigenvalue weighted by atomic mass is 9.93. The fourth-order valence-electron chi connectivity index (χ4n) is 2.19. The summed E-state index contributed by atoms with van der Waals surface area (Å²) in [6, 6.07) is 2.32. The Hall–Kier alpha value is -0.420. The molecule has 0 aliphatic carbocycles. The Bertz CT molecular complexity index is 585. The fourth-order valence-corrected chi connectivity index (χ4v) is 3.01. The molecule has 1 aromatic heterocycles. The molecule has 0 aliphatic heterocycles. The van der Waals surface area contributed by atoms with Gasteiger partial charge in [-0.15, -0.1) is 0 Å². The zero-order chi connectivity index (χ0) is 12.7. The first-order valence-electron chi connectivity index (χ1n) is 5.95. The van der Waals surface area contributed by atoms with E-state index in [1.165, 1.54) is 38.5 Å². The summed E-state index contributed by atoms with van der Waals surface area (Å²) in [6.45, 7) is 11.0. The van der Waals surface area contributed by atoms with Gasteiger partial charge in [-0.1, -0.05) is 11.3 Å².